The van der Waals surface area contributed by atoms with Crippen LogP contribution in [0.1, 0.15) is 12.7 Å². The Balaban J connectivity index is 2.43. The van der Waals surface area contributed by atoms with Gasteiger partial charge in [0.2, 0.25) is 0 Å². The molecule has 0 amide bonds. The van der Waals surface area contributed by atoms with Gasteiger partial charge < -0.3 is 20.3 Å². The van der Waals surface area contributed by atoms with Crippen LogP contribution in [0.4, 0.5) is 5.69 Å². The molecule has 0 radical (unpaired) electrons. The molecule has 0 fully saturated rings. The lowest BCUT2D eigenvalue weighted by Crippen LogP contribution is -2.25. The molecule has 0 atom stereocenters. The van der Waals surface area contributed by atoms with Gasteiger partial charge in [-0.1, -0.05) is 0 Å². The summed E-state index contributed by atoms with van der Waals surface area (Å²) >= 11 is 0. The fourth-order valence-corrected chi connectivity index (χ4v) is 2.21. The Hall–Kier alpha value is -1.59. The molecule has 3 N–H and O–H groups in total. The number of imidazole rings is 1. The number of aryl methyl sites for hydroxylation is 1. The molecule has 0 aliphatic carbocycles. The smallest absolute Gasteiger partial charge is 0.123 e. The van der Waals surface area contributed by atoms with Crippen LogP contribution in [0.2, 0.25) is 0 Å². The van der Waals surface area contributed by atoms with E-state index in [4.69, 9.17) is 10.8 Å². The van der Waals surface area contributed by atoms with E-state index in [-0.39, 0.29) is 6.61 Å². The Morgan fingerprint density at radius 1 is 1.44 bits per heavy atom. The number of aromatic nitrogens is 2. The van der Waals surface area contributed by atoms with Gasteiger partial charge in [-0.25, -0.2) is 4.98 Å². The molecule has 98 valence electrons. The lowest BCUT2D eigenvalue weighted by Gasteiger charge is -2.21. The molecule has 0 aliphatic rings. The number of aliphatic hydroxyl groups is 1. The normalized spacial score (nSPS) is 11.1. The number of hydrogen-bond acceptors (Lipinski definition) is 4. The number of anilines is 1. The molecule has 2 rings (SSSR count). The summed E-state index contributed by atoms with van der Waals surface area (Å²) in [6.45, 7) is 4.17. The van der Waals surface area contributed by atoms with Crippen molar-refractivity contribution in [1.82, 2.24) is 9.55 Å². The Morgan fingerprint density at radius 2 is 2.22 bits per heavy atom. The molecule has 1 aromatic heterocycles. The van der Waals surface area contributed by atoms with Crippen LogP contribution in [0.3, 0.4) is 0 Å². The summed E-state index contributed by atoms with van der Waals surface area (Å²) in [6, 6.07) is 6.16. The van der Waals surface area contributed by atoms with Crippen LogP contribution >= 0.6 is 0 Å². The molecular formula is C13H20N4O. The van der Waals surface area contributed by atoms with E-state index in [2.05, 4.69) is 28.9 Å². The van der Waals surface area contributed by atoms with Crippen LogP contribution in [0.15, 0.2) is 18.2 Å². The fourth-order valence-electron chi connectivity index (χ4n) is 2.21. The zero-order valence-electron chi connectivity index (χ0n) is 10.9. The predicted molar refractivity (Wildman–Crippen MR) is 73.6 cm³/mol. The van der Waals surface area contributed by atoms with Gasteiger partial charge in [0.1, 0.15) is 5.82 Å². The summed E-state index contributed by atoms with van der Waals surface area (Å²) in [4.78, 5) is 6.64. The van der Waals surface area contributed by atoms with Crippen molar-refractivity contribution in [2.45, 2.75) is 13.5 Å². The average Bonchev–Trinajstić information content (AvgIpc) is 2.72. The third-order valence-electron chi connectivity index (χ3n) is 3.26. The zero-order chi connectivity index (χ0) is 13.1. The van der Waals surface area contributed by atoms with Gasteiger partial charge in [0.15, 0.2) is 0 Å². The minimum atomic E-state index is 0.155. The van der Waals surface area contributed by atoms with E-state index in [1.807, 2.05) is 17.7 Å². The Bertz CT molecular complexity index is 535. The molecule has 1 aromatic carbocycles. The molecule has 0 saturated carbocycles. The molecule has 2 aromatic rings. The van der Waals surface area contributed by atoms with Crippen LogP contribution in [0, 0.1) is 0 Å². The molecule has 0 saturated heterocycles. The number of nitrogens with two attached hydrogens (primary N) is 1. The molecule has 0 aliphatic heterocycles. The maximum Gasteiger partial charge on any atom is 0.123 e. The first-order valence-electron chi connectivity index (χ1n) is 6.22. The van der Waals surface area contributed by atoms with Gasteiger partial charge in [0, 0.05) is 25.8 Å². The van der Waals surface area contributed by atoms with Crippen LogP contribution in [-0.4, -0.2) is 34.4 Å². The lowest BCUT2D eigenvalue weighted by atomic mass is 10.2. The molecule has 5 nitrogen and oxygen atoms in total. The van der Waals surface area contributed by atoms with Gasteiger partial charge >= 0.3 is 0 Å². The molecular weight excluding hydrogens is 228 g/mol. The summed E-state index contributed by atoms with van der Waals surface area (Å²) in [5, 5.41) is 9.05. The van der Waals surface area contributed by atoms with Crippen LogP contribution in [0.5, 0.6) is 0 Å². The number of aliphatic hydroxyl groups excluding tert-OH is 1. The maximum atomic E-state index is 9.05. The minimum Gasteiger partial charge on any atom is -0.395 e. The fraction of sp³-hybridized carbons (Fsp3) is 0.462. The van der Waals surface area contributed by atoms with Crippen molar-refractivity contribution in [2.24, 2.45) is 12.8 Å². The van der Waals surface area contributed by atoms with Gasteiger partial charge in [-0.05, 0) is 25.1 Å². The first-order chi connectivity index (χ1) is 8.71. The number of fused-ring (bicyclic) bond motifs is 1. The van der Waals surface area contributed by atoms with Crippen molar-refractivity contribution in [1.29, 1.82) is 0 Å². The SMILES string of the molecule is CCN(CCO)c1ccc2c(c1)nc(CN)n2C. The highest BCUT2D eigenvalue weighted by atomic mass is 16.3. The standard InChI is InChI=1S/C13H20N4O/c1-3-17(6-7-18)10-4-5-12-11(8-10)15-13(9-14)16(12)2/h4-5,8,18H,3,6-7,9,14H2,1-2H3. The highest BCUT2D eigenvalue weighted by Gasteiger charge is 2.09. The monoisotopic (exact) mass is 248 g/mol. The van der Waals surface area contributed by atoms with Crippen molar-refractivity contribution in [3.05, 3.63) is 24.0 Å². The Morgan fingerprint density at radius 3 is 2.83 bits per heavy atom. The maximum absolute atomic E-state index is 9.05. The van der Waals surface area contributed by atoms with Gasteiger partial charge in [-0.15, -0.1) is 0 Å². The second kappa shape index (κ2) is 5.37. The topological polar surface area (TPSA) is 67.3 Å². The first kappa shape index (κ1) is 12.9. The number of nitrogens with zero attached hydrogens (tertiary/aromatic N) is 3. The van der Waals surface area contributed by atoms with Crippen LogP contribution in [0.25, 0.3) is 11.0 Å². The summed E-state index contributed by atoms with van der Waals surface area (Å²) in [5.41, 5.74) is 8.78. The minimum absolute atomic E-state index is 0.155. The van der Waals surface area contributed by atoms with Crippen molar-refractivity contribution in [3.8, 4) is 0 Å². The predicted octanol–water partition coefficient (Wildman–Crippen LogP) is 0.851. The van der Waals surface area contributed by atoms with Crippen molar-refractivity contribution in [3.63, 3.8) is 0 Å². The quantitative estimate of drug-likeness (QED) is 0.823. The van der Waals surface area contributed by atoms with Crippen molar-refractivity contribution in [2.75, 3.05) is 24.6 Å². The number of likely N-dealkylation sites (N-methyl/N-ethyl adjacent to an activating group) is 1. The number of rotatable bonds is 5. The average molecular weight is 248 g/mol. The first-order valence-corrected chi connectivity index (χ1v) is 6.22. The third-order valence-corrected chi connectivity index (χ3v) is 3.26. The summed E-state index contributed by atoms with van der Waals surface area (Å²) in [7, 11) is 1.97. The van der Waals surface area contributed by atoms with Gasteiger partial charge in [-0.2, -0.15) is 0 Å². The number of benzene rings is 1. The van der Waals surface area contributed by atoms with Crippen LogP contribution < -0.4 is 10.6 Å². The Labute approximate surface area is 107 Å². The van der Waals surface area contributed by atoms with Gasteiger partial charge in [0.25, 0.3) is 0 Å². The summed E-state index contributed by atoms with van der Waals surface area (Å²) < 4.78 is 2.02. The Kier molecular flexibility index (Phi) is 3.84. The molecule has 5 heteroatoms. The molecule has 0 bridgehead atoms. The number of hydrogen-bond donors (Lipinski definition) is 2. The second-order valence-corrected chi connectivity index (χ2v) is 4.27. The van der Waals surface area contributed by atoms with Crippen molar-refractivity contribution < 1.29 is 5.11 Å². The molecule has 1 heterocycles. The highest BCUT2D eigenvalue weighted by Crippen LogP contribution is 2.22. The van der Waals surface area contributed by atoms with E-state index >= 15 is 0 Å². The summed E-state index contributed by atoms with van der Waals surface area (Å²) in [5.74, 6) is 0.882. The van der Waals surface area contributed by atoms with E-state index in [1.54, 1.807) is 0 Å². The molecule has 0 unspecified atom stereocenters. The largest absolute Gasteiger partial charge is 0.395 e. The van der Waals surface area contributed by atoms with Crippen molar-refractivity contribution >= 4 is 16.7 Å². The van der Waals surface area contributed by atoms with Crippen LogP contribution in [-0.2, 0) is 13.6 Å². The van der Waals surface area contributed by atoms with Gasteiger partial charge in [-0.3, -0.25) is 0 Å². The molecule has 18 heavy (non-hydrogen) atoms. The van der Waals surface area contributed by atoms with E-state index in [0.29, 0.717) is 13.1 Å². The van der Waals surface area contributed by atoms with Gasteiger partial charge in [0.05, 0.1) is 24.2 Å². The lowest BCUT2D eigenvalue weighted by molar-refractivity contribution is 0.302. The third kappa shape index (κ3) is 2.19. The summed E-state index contributed by atoms with van der Waals surface area (Å²) in [6.07, 6.45) is 0. The second-order valence-electron chi connectivity index (χ2n) is 4.27. The van der Waals surface area contributed by atoms with E-state index in [1.165, 1.54) is 0 Å². The van der Waals surface area contributed by atoms with E-state index < -0.39 is 0 Å². The highest BCUT2D eigenvalue weighted by molar-refractivity contribution is 5.80. The van der Waals surface area contributed by atoms with E-state index in [9.17, 15) is 0 Å². The van der Waals surface area contributed by atoms with E-state index in [0.717, 1.165) is 29.1 Å². The molecule has 0 spiro atoms. The zero-order valence-corrected chi connectivity index (χ0v) is 10.9.